The standard InChI is InChI=1S/C29H32FIN2O7/c1-3-4-9-26(36)33(16-19-7-5-6-8-21(19)30)23-14-20(29(38)32-10-11-34)15-24(27(23)37)40-28-22(31)12-18(17-35)13-25(28)39-2/h4-9,12-13,15,17,23-24,27,34,37H,3,10-11,14,16H2,1-2H3,(H,32,38). The molecule has 11 heteroatoms. The minimum absolute atomic E-state index is 0.00487. The van der Waals surface area contributed by atoms with Crippen molar-refractivity contribution >= 4 is 40.7 Å². The Hall–Kier alpha value is -3.29. The van der Waals surface area contributed by atoms with E-state index in [0.29, 0.717) is 21.8 Å². The molecule has 0 saturated heterocycles. The van der Waals surface area contributed by atoms with Crippen molar-refractivity contribution in [3.63, 3.8) is 0 Å². The van der Waals surface area contributed by atoms with E-state index in [1.807, 2.05) is 29.5 Å². The van der Waals surface area contributed by atoms with Crippen LogP contribution in [-0.2, 0) is 16.1 Å². The number of aliphatic hydroxyl groups excluding tert-OH is 2. The maximum absolute atomic E-state index is 14.6. The molecule has 2 aromatic carbocycles. The number of amides is 2. The lowest BCUT2D eigenvalue weighted by molar-refractivity contribution is -0.134. The molecule has 3 N–H and O–H groups in total. The van der Waals surface area contributed by atoms with Crippen molar-refractivity contribution in [2.45, 2.75) is 44.6 Å². The maximum Gasteiger partial charge on any atom is 0.247 e. The molecule has 214 valence electrons. The summed E-state index contributed by atoms with van der Waals surface area (Å²) in [6.07, 6.45) is 3.24. The van der Waals surface area contributed by atoms with E-state index in [0.717, 1.165) is 0 Å². The van der Waals surface area contributed by atoms with Gasteiger partial charge in [0.15, 0.2) is 11.5 Å². The monoisotopic (exact) mass is 666 g/mol. The topological polar surface area (TPSA) is 125 Å². The van der Waals surface area contributed by atoms with Gasteiger partial charge in [0.1, 0.15) is 24.3 Å². The van der Waals surface area contributed by atoms with Crippen molar-refractivity contribution < 1.29 is 38.5 Å². The molecule has 3 atom stereocenters. The van der Waals surface area contributed by atoms with Crippen LogP contribution in [0.25, 0.3) is 0 Å². The Kier molecular flexibility index (Phi) is 11.6. The molecule has 0 saturated carbocycles. The van der Waals surface area contributed by atoms with Gasteiger partial charge in [0.25, 0.3) is 0 Å². The van der Waals surface area contributed by atoms with Gasteiger partial charge < -0.3 is 29.9 Å². The lowest BCUT2D eigenvalue weighted by Crippen LogP contribution is -2.54. The van der Waals surface area contributed by atoms with Crippen LogP contribution < -0.4 is 14.8 Å². The van der Waals surface area contributed by atoms with E-state index in [4.69, 9.17) is 9.47 Å². The molecular formula is C29H32FIN2O7. The van der Waals surface area contributed by atoms with E-state index >= 15 is 0 Å². The number of aliphatic hydroxyl groups is 2. The third-order valence-corrected chi connectivity index (χ3v) is 7.14. The number of carbonyl (C=O) groups excluding carboxylic acids is 3. The Bertz CT molecular complexity index is 1280. The largest absolute Gasteiger partial charge is 0.493 e. The van der Waals surface area contributed by atoms with E-state index in [1.165, 1.54) is 36.3 Å². The first kappa shape index (κ1) is 31.2. The highest BCUT2D eigenvalue weighted by atomic mass is 127. The number of nitrogens with one attached hydrogen (secondary N) is 1. The summed E-state index contributed by atoms with van der Waals surface area (Å²) in [4.78, 5) is 39.0. The smallest absolute Gasteiger partial charge is 0.247 e. The molecule has 0 fully saturated rings. The van der Waals surface area contributed by atoms with Crippen LogP contribution in [0.2, 0.25) is 0 Å². The van der Waals surface area contributed by atoms with Crippen LogP contribution in [-0.4, -0.2) is 71.7 Å². The van der Waals surface area contributed by atoms with Gasteiger partial charge in [-0.1, -0.05) is 31.2 Å². The van der Waals surface area contributed by atoms with E-state index in [2.05, 4.69) is 5.32 Å². The first-order valence-corrected chi connectivity index (χ1v) is 13.8. The Morgan fingerprint density at radius 2 is 2.02 bits per heavy atom. The fourth-order valence-corrected chi connectivity index (χ4v) is 5.07. The van der Waals surface area contributed by atoms with Gasteiger partial charge in [0.05, 0.1) is 23.3 Å². The zero-order chi connectivity index (χ0) is 29.2. The molecule has 2 aromatic rings. The number of hydrogen-bond acceptors (Lipinski definition) is 7. The number of carbonyl (C=O) groups is 3. The number of allylic oxidation sites excluding steroid dienone is 1. The number of nitrogens with zero attached hydrogens (tertiary/aromatic N) is 1. The first-order valence-electron chi connectivity index (χ1n) is 12.7. The molecule has 9 nitrogen and oxygen atoms in total. The van der Waals surface area contributed by atoms with Crippen molar-refractivity contribution in [1.29, 1.82) is 0 Å². The van der Waals surface area contributed by atoms with Crippen LogP contribution >= 0.6 is 22.6 Å². The minimum atomic E-state index is -1.33. The summed E-state index contributed by atoms with van der Waals surface area (Å²) in [5.41, 5.74) is 0.824. The fourth-order valence-electron chi connectivity index (χ4n) is 4.32. The molecule has 40 heavy (non-hydrogen) atoms. The third-order valence-electron chi connectivity index (χ3n) is 6.33. The quantitative estimate of drug-likeness (QED) is 0.181. The van der Waals surface area contributed by atoms with Gasteiger partial charge in [-0.2, -0.15) is 0 Å². The Morgan fingerprint density at radius 3 is 2.67 bits per heavy atom. The SMILES string of the molecule is CCC=CC(=O)N(Cc1ccccc1F)C1CC(C(=O)NCCO)=CC(Oc2c(I)cc(C=O)cc2OC)C1O. The number of aldehydes is 1. The second kappa shape index (κ2) is 14.9. The van der Waals surface area contributed by atoms with Crippen molar-refractivity contribution in [3.8, 4) is 11.5 Å². The van der Waals surface area contributed by atoms with Gasteiger partial charge in [-0.05, 0) is 59.4 Å². The fraction of sp³-hybridized carbons (Fsp3) is 0.345. The van der Waals surface area contributed by atoms with Crippen LogP contribution in [0.3, 0.4) is 0 Å². The summed E-state index contributed by atoms with van der Waals surface area (Å²) in [6, 6.07) is 8.12. The van der Waals surface area contributed by atoms with Crippen LogP contribution in [0.4, 0.5) is 4.39 Å². The van der Waals surface area contributed by atoms with Crippen LogP contribution in [0, 0.1) is 9.39 Å². The average molecular weight is 666 g/mol. The van der Waals surface area contributed by atoms with E-state index < -0.39 is 35.9 Å². The normalized spacial score (nSPS) is 18.6. The Morgan fingerprint density at radius 1 is 1.27 bits per heavy atom. The molecule has 0 spiro atoms. The lowest BCUT2D eigenvalue weighted by Gasteiger charge is -2.40. The number of hydrogen-bond donors (Lipinski definition) is 3. The summed E-state index contributed by atoms with van der Waals surface area (Å²) >= 11 is 1.97. The number of halogens is 2. The van der Waals surface area contributed by atoms with E-state index in [-0.39, 0.29) is 48.8 Å². The van der Waals surface area contributed by atoms with Gasteiger partial charge in [-0.15, -0.1) is 0 Å². The summed E-state index contributed by atoms with van der Waals surface area (Å²) in [5, 5.41) is 23.3. The molecule has 3 unspecified atom stereocenters. The molecule has 0 heterocycles. The lowest BCUT2D eigenvalue weighted by atomic mass is 9.87. The summed E-state index contributed by atoms with van der Waals surface area (Å²) in [7, 11) is 1.41. The zero-order valence-electron chi connectivity index (χ0n) is 22.2. The molecule has 0 aliphatic heterocycles. The van der Waals surface area contributed by atoms with Crippen molar-refractivity contribution in [2.24, 2.45) is 0 Å². The third kappa shape index (κ3) is 7.67. The van der Waals surface area contributed by atoms with Crippen molar-refractivity contribution in [2.75, 3.05) is 20.3 Å². The molecule has 3 rings (SSSR count). The zero-order valence-corrected chi connectivity index (χ0v) is 24.3. The van der Waals surface area contributed by atoms with Gasteiger partial charge in [-0.3, -0.25) is 14.4 Å². The summed E-state index contributed by atoms with van der Waals surface area (Å²) in [5.74, 6) is -0.994. The van der Waals surface area contributed by atoms with Gasteiger partial charge >= 0.3 is 0 Å². The van der Waals surface area contributed by atoms with Crippen LogP contribution in [0.15, 0.2) is 60.2 Å². The predicted molar refractivity (Wildman–Crippen MR) is 154 cm³/mol. The van der Waals surface area contributed by atoms with E-state index in [1.54, 1.807) is 30.3 Å². The van der Waals surface area contributed by atoms with Gasteiger partial charge in [-0.25, -0.2) is 4.39 Å². The molecular weight excluding hydrogens is 634 g/mol. The highest BCUT2D eigenvalue weighted by Gasteiger charge is 2.40. The highest BCUT2D eigenvalue weighted by Crippen LogP contribution is 2.37. The van der Waals surface area contributed by atoms with Crippen molar-refractivity contribution in [3.05, 3.63) is 80.7 Å². The number of methoxy groups -OCH3 is 1. The van der Waals surface area contributed by atoms with E-state index in [9.17, 15) is 29.0 Å². The molecule has 0 radical (unpaired) electrons. The maximum atomic E-state index is 14.6. The van der Waals surface area contributed by atoms with Crippen LogP contribution in [0.1, 0.15) is 35.7 Å². The molecule has 0 bridgehead atoms. The molecule has 2 amide bonds. The number of ether oxygens (including phenoxy) is 2. The Labute approximate surface area is 245 Å². The molecule has 1 aliphatic carbocycles. The number of rotatable bonds is 12. The average Bonchev–Trinajstić information content (AvgIpc) is 2.96. The predicted octanol–water partition coefficient (Wildman–Crippen LogP) is 3.16. The van der Waals surface area contributed by atoms with Crippen LogP contribution in [0.5, 0.6) is 11.5 Å². The second-order valence-electron chi connectivity index (χ2n) is 9.04. The van der Waals surface area contributed by atoms with Crippen molar-refractivity contribution in [1.82, 2.24) is 10.2 Å². The second-order valence-corrected chi connectivity index (χ2v) is 10.2. The minimum Gasteiger partial charge on any atom is -0.493 e. The summed E-state index contributed by atoms with van der Waals surface area (Å²) < 4.78 is 26.8. The first-order chi connectivity index (χ1) is 19.2. The summed E-state index contributed by atoms with van der Waals surface area (Å²) in [6.45, 7) is 1.43. The molecule has 1 aliphatic rings. The van der Waals surface area contributed by atoms with Gasteiger partial charge in [0, 0.05) is 36.2 Å². The number of benzene rings is 2. The molecule has 0 aromatic heterocycles. The van der Waals surface area contributed by atoms with Gasteiger partial charge in [0.2, 0.25) is 11.8 Å². The highest BCUT2D eigenvalue weighted by molar-refractivity contribution is 14.1. The Balaban J connectivity index is 2.07.